The fraction of sp³-hybridized carbons (Fsp3) is 0.500. The zero-order chi connectivity index (χ0) is 12.3. The number of nitrogens with zero attached hydrogens (tertiary/aromatic N) is 6. The van der Waals surface area contributed by atoms with Crippen LogP contribution in [0.4, 0.5) is 0 Å². The maximum absolute atomic E-state index is 11.5. The molecule has 0 aliphatic carbocycles. The number of carbonyl (C=O) groups excluding carboxylic acids is 1. The summed E-state index contributed by atoms with van der Waals surface area (Å²) in [6, 6.07) is 0. The maximum Gasteiger partial charge on any atom is 0.378 e. The Kier molecular flexibility index (Phi) is 3.08. The third-order valence-corrected chi connectivity index (χ3v) is 1.85. The first kappa shape index (κ1) is 11.2. The van der Waals surface area contributed by atoms with Gasteiger partial charge in [-0.3, -0.25) is 0 Å². The van der Waals surface area contributed by atoms with Crippen LogP contribution in [-0.4, -0.2) is 42.9 Å². The van der Waals surface area contributed by atoms with Crippen molar-refractivity contribution in [3.8, 4) is 0 Å². The van der Waals surface area contributed by atoms with Gasteiger partial charge in [0, 0.05) is 6.92 Å². The van der Waals surface area contributed by atoms with Gasteiger partial charge in [0.15, 0.2) is 5.82 Å². The predicted octanol–water partition coefficient (Wildman–Crippen LogP) is -0.410. The molecule has 90 valence electrons. The Balaban J connectivity index is 2.16. The summed E-state index contributed by atoms with van der Waals surface area (Å²) in [6.45, 7) is 3.78. The van der Waals surface area contributed by atoms with Crippen LogP contribution in [0.2, 0.25) is 0 Å². The maximum atomic E-state index is 11.5. The van der Waals surface area contributed by atoms with E-state index >= 15 is 0 Å². The highest BCUT2D eigenvalue weighted by atomic mass is 16.5. The third-order valence-electron chi connectivity index (χ3n) is 1.85. The fourth-order valence-corrected chi connectivity index (χ4v) is 1.19. The van der Waals surface area contributed by atoms with Crippen molar-refractivity contribution < 1.29 is 14.1 Å². The average Bonchev–Trinajstić information content (AvgIpc) is 2.89. The van der Waals surface area contributed by atoms with Gasteiger partial charge in [-0.2, -0.15) is 4.98 Å². The van der Waals surface area contributed by atoms with E-state index in [0.717, 1.165) is 0 Å². The molecule has 9 nitrogen and oxygen atoms in total. The second kappa shape index (κ2) is 4.68. The van der Waals surface area contributed by atoms with E-state index in [-0.39, 0.29) is 19.0 Å². The molecule has 0 aliphatic rings. The number of aromatic nitrogens is 6. The molecule has 0 bridgehead atoms. The van der Waals surface area contributed by atoms with Crippen molar-refractivity contribution in [2.75, 3.05) is 6.61 Å². The molecule has 2 aromatic rings. The van der Waals surface area contributed by atoms with Gasteiger partial charge >= 0.3 is 5.97 Å². The largest absolute Gasteiger partial charge is 0.460 e. The van der Waals surface area contributed by atoms with Gasteiger partial charge in [-0.1, -0.05) is 5.16 Å². The Labute approximate surface area is 95.8 Å². The molecular weight excluding hydrogens is 228 g/mol. The van der Waals surface area contributed by atoms with Gasteiger partial charge in [0.25, 0.3) is 5.82 Å². The van der Waals surface area contributed by atoms with Crippen LogP contribution >= 0.6 is 0 Å². The van der Waals surface area contributed by atoms with Crippen LogP contribution in [0, 0.1) is 6.92 Å². The number of hydrogen-bond donors (Lipinski definition) is 0. The van der Waals surface area contributed by atoms with Crippen molar-refractivity contribution in [1.29, 1.82) is 0 Å². The normalized spacial score (nSPS) is 10.5. The van der Waals surface area contributed by atoms with E-state index in [1.807, 2.05) is 0 Å². The highest BCUT2D eigenvalue weighted by Gasteiger charge is 2.18. The quantitative estimate of drug-likeness (QED) is 0.661. The van der Waals surface area contributed by atoms with Gasteiger partial charge in [0.2, 0.25) is 5.89 Å². The molecule has 0 aromatic carbocycles. The number of carbonyl (C=O) groups is 1. The summed E-state index contributed by atoms with van der Waals surface area (Å²) >= 11 is 0. The summed E-state index contributed by atoms with van der Waals surface area (Å²) in [5.74, 6) is 0.248. The summed E-state index contributed by atoms with van der Waals surface area (Å²) < 4.78 is 10.9. The standard InChI is InChI=1S/C8H10N6O3/c1-3-16-8(15)7-10-12-13-14(7)4-6-9-5(2)17-11-6/h3-4H2,1-2H3. The van der Waals surface area contributed by atoms with Gasteiger partial charge < -0.3 is 9.26 Å². The molecule has 0 N–H and O–H groups in total. The van der Waals surface area contributed by atoms with E-state index in [9.17, 15) is 4.79 Å². The first-order valence-corrected chi connectivity index (χ1v) is 4.93. The molecule has 2 aromatic heterocycles. The molecular formula is C8H10N6O3. The Morgan fingerprint density at radius 1 is 1.53 bits per heavy atom. The van der Waals surface area contributed by atoms with Crippen molar-refractivity contribution in [3.05, 3.63) is 17.5 Å². The highest BCUT2D eigenvalue weighted by molar-refractivity contribution is 5.85. The van der Waals surface area contributed by atoms with Crippen molar-refractivity contribution in [2.24, 2.45) is 0 Å². The van der Waals surface area contributed by atoms with Crippen LogP contribution in [0.25, 0.3) is 0 Å². The van der Waals surface area contributed by atoms with E-state index in [0.29, 0.717) is 11.7 Å². The molecule has 0 saturated carbocycles. The lowest BCUT2D eigenvalue weighted by molar-refractivity contribution is 0.0505. The van der Waals surface area contributed by atoms with E-state index in [1.54, 1.807) is 13.8 Å². The number of rotatable bonds is 4. The van der Waals surface area contributed by atoms with Crippen molar-refractivity contribution in [1.82, 2.24) is 30.3 Å². The minimum Gasteiger partial charge on any atom is -0.460 e. The number of aryl methyl sites for hydroxylation is 1. The first-order valence-electron chi connectivity index (χ1n) is 4.93. The molecule has 0 aliphatic heterocycles. The zero-order valence-corrected chi connectivity index (χ0v) is 9.32. The summed E-state index contributed by atoms with van der Waals surface area (Å²) in [7, 11) is 0. The number of tetrazole rings is 1. The van der Waals surface area contributed by atoms with Crippen LogP contribution in [0.3, 0.4) is 0 Å². The molecule has 0 unspecified atom stereocenters. The molecule has 17 heavy (non-hydrogen) atoms. The third kappa shape index (κ3) is 2.44. The highest BCUT2D eigenvalue weighted by Crippen LogP contribution is 2.01. The lowest BCUT2D eigenvalue weighted by Crippen LogP contribution is -2.15. The van der Waals surface area contributed by atoms with E-state index in [2.05, 4.69) is 25.7 Å². The SMILES string of the molecule is CCOC(=O)c1nnnn1Cc1noc(C)n1. The van der Waals surface area contributed by atoms with E-state index in [4.69, 9.17) is 9.26 Å². The van der Waals surface area contributed by atoms with Crippen molar-refractivity contribution >= 4 is 5.97 Å². The zero-order valence-electron chi connectivity index (χ0n) is 9.32. The Morgan fingerprint density at radius 3 is 3.00 bits per heavy atom. The average molecular weight is 238 g/mol. The monoisotopic (exact) mass is 238 g/mol. The number of hydrogen-bond acceptors (Lipinski definition) is 8. The Hall–Kier alpha value is -2.32. The van der Waals surface area contributed by atoms with Crippen molar-refractivity contribution in [3.63, 3.8) is 0 Å². The topological polar surface area (TPSA) is 109 Å². The predicted molar refractivity (Wildman–Crippen MR) is 51.9 cm³/mol. The van der Waals surface area contributed by atoms with Gasteiger partial charge in [-0.25, -0.2) is 9.48 Å². The summed E-state index contributed by atoms with van der Waals surface area (Å²) in [4.78, 5) is 15.5. The Morgan fingerprint density at radius 2 is 2.35 bits per heavy atom. The molecule has 0 radical (unpaired) electrons. The summed E-state index contributed by atoms with van der Waals surface area (Å²) in [6.07, 6.45) is 0. The summed E-state index contributed by atoms with van der Waals surface area (Å²) in [5, 5.41) is 14.3. The molecule has 2 heterocycles. The molecule has 0 saturated heterocycles. The van der Waals surface area contributed by atoms with Crippen LogP contribution in [-0.2, 0) is 11.3 Å². The van der Waals surface area contributed by atoms with E-state index in [1.165, 1.54) is 4.68 Å². The van der Waals surface area contributed by atoms with Crippen LogP contribution in [0.5, 0.6) is 0 Å². The minimum absolute atomic E-state index is 0.00861. The molecule has 0 atom stereocenters. The number of esters is 1. The van der Waals surface area contributed by atoms with Crippen LogP contribution in [0.1, 0.15) is 29.3 Å². The van der Waals surface area contributed by atoms with Gasteiger partial charge in [-0.05, 0) is 17.4 Å². The lowest BCUT2D eigenvalue weighted by atomic mass is 10.5. The second-order valence-corrected chi connectivity index (χ2v) is 3.11. The van der Waals surface area contributed by atoms with Gasteiger partial charge in [-0.15, -0.1) is 5.10 Å². The summed E-state index contributed by atoms with van der Waals surface area (Å²) in [5.41, 5.74) is 0. The first-order chi connectivity index (χ1) is 8.20. The molecule has 2 rings (SSSR count). The smallest absolute Gasteiger partial charge is 0.378 e. The molecule has 0 fully saturated rings. The molecule has 0 amide bonds. The number of ether oxygens (including phenoxy) is 1. The molecule has 9 heteroatoms. The second-order valence-electron chi connectivity index (χ2n) is 3.11. The fourth-order valence-electron chi connectivity index (χ4n) is 1.19. The van der Waals surface area contributed by atoms with Gasteiger partial charge in [0.05, 0.1) is 6.61 Å². The van der Waals surface area contributed by atoms with Gasteiger partial charge in [0.1, 0.15) is 6.54 Å². The van der Waals surface area contributed by atoms with E-state index < -0.39 is 5.97 Å². The van der Waals surface area contributed by atoms with Crippen LogP contribution in [0.15, 0.2) is 4.52 Å². The van der Waals surface area contributed by atoms with Crippen LogP contribution < -0.4 is 0 Å². The lowest BCUT2D eigenvalue weighted by Gasteiger charge is -2.00. The minimum atomic E-state index is -0.585. The Bertz CT molecular complexity index is 519. The molecule has 0 spiro atoms. The van der Waals surface area contributed by atoms with Crippen molar-refractivity contribution in [2.45, 2.75) is 20.4 Å².